The fraction of sp³-hybridized carbons (Fsp3) is 0.722. The lowest BCUT2D eigenvalue weighted by molar-refractivity contribution is 0.0790. The molecule has 0 aliphatic carbocycles. The number of carbonyl (C=O) groups excluding carboxylic acids is 1. The molecule has 9 nitrogen and oxygen atoms in total. The van der Waals surface area contributed by atoms with Gasteiger partial charge in [-0.2, -0.15) is 4.98 Å². The quantitative estimate of drug-likeness (QED) is 0.748. The van der Waals surface area contributed by atoms with Crippen LogP contribution in [-0.4, -0.2) is 62.1 Å². The number of nitrogens with one attached hydrogen (secondary N) is 1. The fourth-order valence-corrected chi connectivity index (χ4v) is 3.13. The van der Waals surface area contributed by atoms with Crippen molar-refractivity contribution in [2.45, 2.75) is 64.5 Å². The van der Waals surface area contributed by atoms with Crippen LogP contribution >= 0.6 is 0 Å². The molecule has 2 aromatic heterocycles. The van der Waals surface area contributed by atoms with Gasteiger partial charge in [0.2, 0.25) is 5.89 Å². The molecule has 0 aromatic carbocycles. The lowest BCUT2D eigenvalue weighted by atomic mass is 10.0. The number of rotatable bonds is 8. The predicted molar refractivity (Wildman–Crippen MR) is 99.3 cm³/mol. The first-order chi connectivity index (χ1) is 13.0. The first-order valence-corrected chi connectivity index (χ1v) is 9.74. The number of aryl methyl sites for hydroxylation is 1. The molecule has 1 amide bonds. The van der Waals surface area contributed by atoms with Gasteiger partial charge in [-0.3, -0.25) is 9.48 Å². The summed E-state index contributed by atoms with van der Waals surface area (Å²) in [4.78, 5) is 18.5. The Balaban J connectivity index is 1.47. The van der Waals surface area contributed by atoms with Crippen LogP contribution in [0.15, 0.2) is 10.7 Å². The highest BCUT2D eigenvalue weighted by Crippen LogP contribution is 2.12. The van der Waals surface area contributed by atoms with Crippen LogP contribution < -0.4 is 5.32 Å². The molecule has 9 heteroatoms. The van der Waals surface area contributed by atoms with Crippen molar-refractivity contribution in [3.63, 3.8) is 0 Å². The van der Waals surface area contributed by atoms with E-state index in [0.29, 0.717) is 36.4 Å². The highest BCUT2D eigenvalue weighted by atomic mass is 16.5. The minimum Gasteiger partial charge on any atom is -0.340 e. The Kier molecular flexibility index (Phi) is 6.54. The molecule has 3 heterocycles. The molecule has 3 rings (SSSR count). The molecule has 2 aromatic rings. The van der Waals surface area contributed by atoms with Crippen LogP contribution in [0.3, 0.4) is 0 Å². The Morgan fingerprint density at radius 2 is 2.30 bits per heavy atom. The van der Waals surface area contributed by atoms with Gasteiger partial charge in [-0.1, -0.05) is 30.6 Å². The molecule has 1 atom stereocenters. The molecule has 0 spiro atoms. The topological polar surface area (TPSA) is 102 Å². The van der Waals surface area contributed by atoms with Gasteiger partial charge in [0.1, 0.15) is 0 Å². The third-order valence-corrected chi connectivity index (χ3v) is 4.87. The Bertz CT molecular complexity index is 734. The second-order valence-electron chi connectivity index (χ2n) is 7.48. The van der Waals surface area contributed by atoms with E-state index in [0.717, 1.165) is 19.5 Å². The zero-order valence-corrected chi connectivity index (χ0v) is 16.4. The van der Waals surface area contributed by atoms with Crippen LogP contribution in [0.2, 0.25) is 0 Å². The van der Waals surface area contributed by atoms with E-state index in [1.807, 2.05) is 13.8 Å². The molecule has 1 fully saturated rings. The van der Waals surface area contributed by atoms with Crippen molar-refractivity contribution in [1.82, 2.24) is 35.4 Å². The summed E-state index contributed by atoms with van der Waals surface area (Å²) >= 11 is 0. The van der Waals surface area contributed by atoms with E-state index in [-0.39, 0.29) is 11.8 Å². The van der Waals surface area contributed by atoms with Crippen molar-refractivity contribution in [3.8, 4) is 0 Å². The molecule has 1 aliphatic rings. The van der Waals surface area contributed by atoms with Crippen LogP contribution in [0.25, 0.3) is 0 Å². The summed E-state index contributed by atoms with van der Waals surface area (Å²) in [5.41, 5.74) is 0.366. The lowest BCUT2D eigenvalue weighted by Crippen LogP contribution is -2.34. The highest BCUT2D eigenvalue weighted by Gasteiger charge is 2.18. The maximum absolute atomic E-state index is 12.5. The van der Waals surface area contributed by atoms with E-state index in [9.17, 15) is 4.79 Å². The van der Waals surface area contributed by atoms with E-state index in [2.05, 4.69) is 25.8 Å². The predicted octanol–water partition coefficient (Wildman–Crippen LogP) is 1.63. The summed E-state index contributed by atoms with van der Waals surface area (Å²) in [7, 11) is 1.75. The fourth-order valence-electron chi connectivity index (χ4n) is 3.13. The first-order valence-electron chi connectivity index (χ1n) is 9.74. The van der Waals surface area contributed by atoms with E-state index in [1.165, 1.54) is 19.3 Å². The number of carbonyl (C=O) groups is 1. The second-order valence-corrected chi connectivity index (χ2v) is 7.48. The van der Waals surface area contributed by atoms with E-state index < -0.39 is 0 Å². The molecular formula is C18H29N7O2. The van der Waals surface area contributed by atoms with E-state index in [1.54, 1.807) is 22.8 Å². The molecule has 27 heavy (non-hydrogen) atoms. The van der Waals surface area contributed by atoms with E-state index >= 15 is 0 Å². The Morgan fingerprint density at radius 3 is 3.00 bits per heavy atom. The van der Waals surface area contributed by atoms with Crippen molar-refractivity contribution < 1.29 is 9.32 Å². The zero-order chi connectivity index (χ0) is 19.2. The van der Waals surface area contributed by atoms with Crippen LogP contribution in [0, 0.1) is 0 Å². The summed E-state index contributed by atoms with van der Waals surface area (Å²) < 4.78 is 6.94. The van der Waals surface area contributed by atoms with Gasteiger partial charge in [0, 0.05) is 38.5 Å². The second kappa shape index (κ2) is 9.07. The van der Waals surface area contributed by atoms with Crippen LogP contribution in [-0.2, 0) is 13.0 Å². The summed E-state index contributed by atoms with van der Waals surface area (Å²) in [6.07, 6.45) is 7.02. The average Bonchev–Trinajstić information content (AvgIpc) is 3.34. The standard InChI is InChI=1S/C18H29N7O2/c1-13(2)17-20-16(22-27-17)8-10-24(3)18(26)15-12-25(23-21-15)11-7-14-6-4-5-9-19-14/h12-14,19H,4-11H2,1-3H3/t14-/m0/s1. The Hall–Kier alpha value is -2.29. The number of aromatic nitrogens is 5. The lowest BCUT2D eigenvalue weighted by Gasteiger charge is -2.23. The van der Waals surface area contributed by atoms with Gasteiger partial charge in [0.15, 0.2) is 11.5 Å². The SMILES string of the molecule is CC(C)c1nc(CCN(C)C(=O)c2cn(CC[C@@H]3CCCCN3)nn2)no1. The molecule has 1 saturated heterocycles. The number of hydrogen-bond acceptors (Lipinski definition) is 7. The summed E-state index contributed by atoms with van der Waals surface area (Å²) in [6, 6.07) is 0.537. The van der Waals surface area contributed by atoms with Gasteiger partial charge in [-0.15, -0.1) is 5.10 Å². The Labute approximate surface area is 159 Å². The molecule has 0 radical (unpaired) electrons. The summed E-state index contributed by atoms with van der Waals surface area (Å²) in [5.74, 6) is 1.28. The summed E-state index contributed by atoms with van der Waals surface area (Å²) in [5, 5.41) is 15.6. The largest absolute Gasteiger partial charge is 0.340 e. The molecular weight excluding hydrogens is 346 g/mol. The van der Waals surface area contributed by atoms with Gasteiger partial charge in [0.25, 0.3) is 5.91 Å². The maximum atomic E-state index is 12.5. The third-order valence-electron chi connectivity index (χ3n) is 4.87. The van der Waals surface area contributed by atoms with Crippen molar-refractivity contribution in [3.05, 3.63) is 23.6 Å². The number of nitrogens with zero attached hydrogens (tertiary/aromatic N) is 6. The van der Waals surface area contributed by atoms with Gasteiger partial charge in [-0.05, 0) is 25.8 Å². The van der Waals surface area contributed by atoms with E-state index in [4.69, 9.17) is 4.52 Å². The minimum absolute atomic E-state index is 0.149. The number of amides is 1. The number of piperidine rings is 1. The highest BCUT2D eigenvalue weighted by molar-refractivity contribution is 5.91. The smallest absolute Gasteiger partial charge is 0.275 e. The van der Waals surface area contributed by atoms with Crippen molar-refractivity contribution >= 4 is 5.91 Å². The van der Waals surface area contributed by atoms with Crippen molar-refractivity contribution in [1.29, 1.82) is 0 Å². The maximum Gasteiger partial charge on any atom is 0.275 e. The minimum atomic E-state index is -0.149. The van der Waals surface area contributed by atoms with Gasteiger partial charge >= 0.3 is 0 Å². The van der Waals surface area contributed by atoms with Gasteiger partial charge in [-0.25, -0.2) is 0 Å². The molecule has 0 unspecified atom stereocenters. The normalized spacial score (nSPS) is 17.4. The van der Waals surface area contributed by atoms with Crippen LogP contribution in [0.5, 0.6) is 0 Å². The molecule has 1 N–H and O–H groups in total. The van der Waals surface area contributed by atoms with Crippen LogP contribution in [0.4, 0.5) is 0 Å². The van der Waals surface area contributed by atoms with Gasteiger partial charge < -0.3 is 14.7 Å². The summed E-state index contributed by atoms with van der Waals surface area (Å²) in [6.45, 7) is 6.36. The monoisotopic (exact) mass is 375 g/mol. The molecule has 0 bridgehead atoms. The molecule has 148 valence electrons. The van der Waals surface area contributed by atoms with Gasteiger partial charge in [0.05, 0.1) is 6.20 Å². The number of hydrogen-bond donors (Lipinski definition) is 1. The third kappa shape index (κ3) is 5.35. The van der Waals surface area contributed by atoms with Crippen molar-refractivity contribution in [2.75, 3.05) is 20.1 Å². The Morgan fingerprint density at radius 1 is 1.44 bits per heavy atom. The van der Waals surface area contributed by atoms with Crippen molar-refractivity contribution in [2.24, 2.45) is 0 Å². The zero-order valence-electron chi connectivity index (χ0n) is 16.4. The molecule has 1 aliphatic heterocycles. The first kappa shape index (κ1) is 19.5. The van der Waals surface area contributed by atoms with Crippen LogP contribution in [0.1, 0.15) is 67.7 Å². The number of likely N-dealkylation sites (N-methyl/N-ethyl adjacent to an activating group) is 1. The molecule has 0 saturated carbocycles. The average molecular weight is 375 g/mol.